The lowest BCUT2D eigenvalue weighted by atomic mass is 9.91. The van der Waals surface area contributed by atoms with Gasteiger partial charge in [0.15, 0.2) is 0 Å². The molecule has 5 heteroatoms. The lowest BCUT2D eigenvalue weighted by Crippen LogP contribution is -2.55. The van der Waals surface area contributed by atoms with Crippen molar-refractivity contribution < 1.29 is 13.7 Å². The number of esters is 1. The van der Waals surface area contributed by atoms with Crippen LogP contribution in [0.5, 0.6) is 0 Å². The molecule has 80 valence electrons. The zero-order valence-electron chi connectivity index (χ0n) is 8.19. The SMILES string of the molecule is COC(=O)C1(N)CC2CCC(C1)S2=O. The minimum Gasteiger partial charge on any atom is -0.468 e. The molecule has 2 bridgehead atoms. The first-order valence-electron chi connectivity index (χ1n) is 4.83. The smallest absolute Gasteiger partial charge is 0.325 e. The monoisotopic (exact) mass is 217 g/mol. The Kier molecular flexibility index (Phi) is 2.39. The number of nitrogens with two attached hydrogens (primary N) is 1. The first-order chi connectivity index (χ1) is 6.57. The molecule has 2 aliphatic heterocycles. The van der Waals surface area contributed by atoms with E-state index in [1.807, 2.05) is 0 Å². The van der Waals surface area contributed by atoms with Gasteiger partial charge in [0.25, 0.3) is 0 Å². The van der Waals surface area contributed by atoms with Gasteiger partial charge in [0.1, 0.15) is 5.54 Å². The van der Waals surface area contributed by atoms with Gasteiger partial charge >= 0.3 is 5.97 Å². The number of carbonyl (C=O) groups excluding carboxylic acids is 1. The third kappa shape index (κ3) is 1.39. The van der Waals surface area contributed by atoms with Gasteiger partial charge in [-0.25, -0.2) is 0 Å². The fraction of sp³-hybridized carbons (Fsp3) is 0.889. The number of ether oxygens (including phenoxy) is 1. The van der Waals surface area contributed by atoms with E-state index in [1.165, 1.54) is 7.11 Å². The average Bonchev–Trinajstić information content (AvgIpc) is 2.42. The van der Waals surface area contributed by atoms with E-state index in [0.717, 1.165) is 12.8 Å². The third-order valence-corrected chi connectivity index (χ3v) is 5.36. The standard InChI is InChI=1S/C9H15NO3S/c1-13-8(11)9(10)4-6-2-3-7(5-9)14(6)12/h6-7H,2-5,10H2,1H3. The highest BCUT2D eigenvalue weighted by atomic mass is 32.2. The molecule has 0 amide bonds. The first-order valence-corrected chi connectivity index (χ1v) is 6.11. The Morgan fingerprint density at radius 1 is 1.43 bits per heavy atom. The Balaban J connectivity index is 2.19. The highest BCUT2D eigenvalue weighted by Gasteiger charge is 2.50. The van der Waals surface area contributed by atoms with Gasteiger partial charge in [-0.15, -0.1) is 0 Å². The van der Waals surface area contributed by atoms with Crippen molar-refractivity contribution in [3.8, 4) is 0 Å². The zero-order chi connectivity index (χ0) is 10.3. The van der Waals surface area contributed by atoms with Crippen LogP contribution in [0.2, 0.25) is 0 Å². The zero-order valence-corrected chi connectivity index (χ0v) is 9.01. The van der Waals surface area contributed by atoms with Crippen LogP contribution in [0.15, 0.2) is 0 Å². The normalized spacial score (nSPS) is 46.3. The maximum atomic E-state index is 11.7. The summed E-state index contributed by atoms with van der Waals surface area (Å²) in [6, 6.07) is 0. The van der Waals surface area contributed by atoms with Gasteiger partial charge in [-0.3, -0.25) is 9.00 Å². The summed E-state index contributed by atoms with van der Waals surface area (Å²) in [4.78, 5) is 11.5. The summed E-state index contributed by atoms with van der Waals surface area (Å²) < 4.78 is 16.4. The molecule has 2 N–H and O–H groups in total. The minimum absolute atomic E-state index is 0.109. The van der Waals surface area contributed by atoms with Gasteiger partial charge in [0.05, 0.1) is 7.11 Å². The Hall–Kier alpha value is -0.420. The van der Waals surface area contributed by atoms with Crippen LogP contribution < -0.4 is 5.73 Å². The van der Waals surface area contributed by atoms with Crippen LogP contribution in [-0.2, 0) is 20.3 Å². The maximum Gasteiger partial charge on any atom is 0.325 e. The van der Waals surface area contributed by atoms with Gasteiger partial charge in [-0.1, -0.05) is 0 Å². The van der Waals surface area contributed by atoms with Crippen LogP contribution >= 0.6 is 0 Å². The van der Waals surface area contributed by atoms with Crippen LogP contribution in [0.1, 0.15) is 25.7 Å². The number of rotatable bonds is 1. The molecule has 2 unspecified atom stereocenters. The molecule has 0 saturated carbocycles. The van der Waals surface area contributed by atoms with Crippen LogP contribution in [-0.4, -0.2) is 33.3 Å². The van der Waals surface area contributed by atoms with Crippen molar-refractivity contribution in [3.63, 3.8) is 0 Å². The second-order valence-electron chi connectivity index (χ2n) is 4.21. The fourth-order valence-electron chi connectivity index (χ4n) is 2.51. The molecule has 0 aliphatic carbocycles. The summed E-state index contributed by atoms with van der Waals surface area (Å²) in [5.74, 6) is -0.355. The molecule has 2 heterocycles. The van der Waals surface area contributed by atoms with Crippen LogP contribution in [0.4, 0.5) is 0 Å². The van der Waals surface area contributed by atoms with Gasteiger partial charge in [-0.05, 0) is 25.7 Å². The van der Waals surface area contributed by atoms with Gasteiger partial charge in [-0.2, -0.15) is 0 Å². The molecule has 0 aromatic rings. The van der Waals surface area contributed by atoms with Crippen molar-refractivity contribution in [2.24, 2.45) is 5.73 Å². The van der Waals surface area contributed by atoms with E-state index in [0.29, 0.717) is 12.8 Å². The highest BCUT2D eigenvalue weighted by molar-refractivity contribution is 7.86. The molecule has 2 atom stereocenters. The van der Waals surface area contributed by atoms with Crippen LogP contribution in [0, 0.1) is 0 Å². The van der Waals surface area contributed by atoms with E-state index in [4.69, 9.17) is 5.73 Å². The molecule has 0 radical (unpaired) electrons. The summed E-state index contributed by atoms with van der Waals surface area (Å²) in [6.07, 6.45) is 2.91. The van der Waals surface area contributed by atoms with Gasteiger partial charge in [0, 0.05) is 21.3 Å². The molecule has 0 aromatic heterocycles. The Labute approximate surface area is 85.6 Å². The number of carbonyl (C=O) groups is 1. The maximum absolute atomic E-state index is 11.7. The number of hydrogen-bond donors (Lipinski definition) is 1. The van der Waals surface area contributed by atoms with Crippen molar-refractivity contribution in [3.05, 3.63) is 0 Å². The lowest BCUT2D eigenvalue weighted by molar-refractivity contribution is -0.147. The minimum atomic E-state index is -0.880. The van der Waals surface area contributed by atoms with Gasteiger partial charge < -0.3 is 10.5 Å². The van der Waals surface area contributed by atoms with Crippen molar-refractivity contribution in [1.82, 2.24) is 0 Å². The topological polar surface area (TPSA) is 69.4 Å². The summed E-state index contributed by atoms with van der Waals surface area (Å²) in [6.45, 7) is 0. The van der Waals surface area contributed by atoms with Crippen molar-refractivity contribution >= 4 is 16.8 Å². The number of fused-ring (bicyclic) bond motifs is 2. The van der Waals surface area contributed by atoms with E-state index in [9.17, 15) is 9.00 Å². The molecule has 4 nitrogen and oxygen atoms in total. The van der Waals surface area contributed by atoms with Crippen LogP contribution in [0.25, 0.3) is 0 Å². The molecular weight excluding hydrogens is 202 g/mol. The second-order valence-corrected chi connectivity index (χ2v) is 6.20. The van der Waals surface area contributed by atoms with Gasteiger partial charge in [0.2, 0.25) is 0 Å². The predicted molar refractivity (Wildman–Crippen MR) is 53.1 cm³/mol. The second kappa shape index (κ2) is 3.31. The summed E-state index contributed by atoms with van der Waals surface area (Å²) in [5, 5.41) is 0.218. The molecule has 2 saturated heterocycles. The predicted octanol–water partition coefficient (Wildman–Crippen LogP) is -0.0696. The molecule has 0 spiro atoms. The highest BCUT2D eigenvalue weighted by Crippen LogP contribution is 2.40. The van der Waals surface area contributed by atoms with E-state index in [2.05, 4.69) is 4.74 Å². The number of methoxy groups -OCH3 is 1. The summed E-state index contributed by atoms with van der Waals surface area (Å²) in [5.41, 5.74) is 5.11. The van der Waals surface area contributed by atoms with Crippen LogP contribution in [0.3, 0.4) is 0 Å². The van der Waals surface area contributed by atoms with E-state index in [-0.39, 0.29) is 16.5 Å². The summed E-state index contributed by atoms with van der Waals surface area (Å²) >= 11 is 0. The van der Waals surface area contributed by atoms with Crippen molar-refractivity contribution in [2.45, 2.75) is 41.7 Å². The number of hydrogen-bond acceptors (Lipinski definition) is 4. The summed E-state index contributed by atoms with van der Waals surface area (Å²) in [7, 11) is 0.580. The molecule has 0 aromatic carbocycles. The fourth-order valence-corrected chi connectivity index (χ4v) is 4.71. The van der Waals surface area contributed by atoms with E-state index >= 15 is 0 Å². The third-order valence-electron chi connectivity index (χ3n) is 3.24. The van der Waals surface area contributed by atoms with E-state index < -0.39 is 16.3 Å². The first kappa shape index (κ1) is 10.1. The van der Waals surface area contributed by atoms with Crippen molar-refractivity contribution in [1.29, 1.82) is 0 Å². The molecule has 2 rings (SSSR count). The quantitative estimate of drug-likeness (QED) is 0.624. The molecule has 2 fully saturated rings. The largest absolute Gasteiger partial charge is 0.468 e. The average molecular weight is 217 g/mol. The molecular formula is C9H15NO3S. The Morgan fingerprint density at radius 3 is 2.36 bits per heavy atom. The van der Waals surface area contributed by atoms with E-state index in [1.54, 1.807) is 0 Å². The van der Waals surface area contributed by atoms with Crippen molar-refractivity contribution in [2.75, 3.05) is 7.11 Å². The Morgan fingerprint density at radius 2 is 1.93 bits per heavy atom. The lowest BCUT2D eigenvalue weighted by Gasteiger charge is -2.34. The molecule has 2 aliphatic rings. The Bertz CT molecular complexity index is 276. The molecule has 14 heavy (non-hydrogen) atoms.